The second-order valence-corrected chi connectivity index (χ2v) is 6.12. The van der Waals surface area contributed by atoms with Crippen LogP contribution in [0.3, 0.4) is 0 Å². The number of hydrogen-bond acceptors (Lipinski definition) is 3. The maximum absolute atomic E-state index is 11.4. The van der Waals surface area contributed by atoms with Crippen LogP contribution in [0.2, 0.25) is 13.1 Å². The van der Waals surface area contributed by atoms with Gasteiger partial charge in [0.1, 0.15) is 5.75 Å². The molecule has 0 saturated heterocycles. The molecule has 0 fully saturated rings. The first-order chi connectivity index (χ1) is 7.50. The van der Waals surface area contributed by atoms with Gasteiger partial charge in [-0.25, -0.2) is 4.79 Å². The van der Waals surface area contributed by atoms with Crippen molar-refractivity contribution in [1.82, 2.24) is 0 Å². The van der Waals surface area contributed by atoms with Crippen LogP contribution in [0.15, 0.2) is 36.4 Å². The third-order valence-electron chi connectivity index (χ3n) is 1.76. The van der Waals surface area contributed by atoms with Crippen LogP contribution in [-0.4, -0.2) is 15.0 Å². The molecular weight excluding hydrogens is 220 g/mol. The van der Waals surface area contributed by atoms with Gasteiger partial charge in [-0.3, -0.25) is 0 Å². The molecule has 1 aromatic carbocycles. The van der Waals surface area contributed by atoms with Gasteiger partial charge in [-0.1, -0.05) is 18.7 Å². The summed E-state index contributed by atoms with van der Waals surface area (Å²) < 4.78 is 10.8. The third kappa shape index (κ3) is 3.55. The van der Waals surface area contributed by atoms with Crippen molar-refractivity contribution in [1.29, 1.82) is 0 Å². The van der Waals surface area contributed by atoms with E-state index in [0.29, 0.717) is 17.1 Å². The van der Waals surface area contributed by atoms with Gasteiger partial charge in [0.2, 0.25) is 9.04 Å². The Morgan fingerprint density at radius 3 is 2.31 bits per heavy atom. The van der Waals surface area contributed by atoms with E-state index < -0.39 is 15.0 Å². The number of rotatable bonds is 4. The number of para-hydroxylation sites is 2. The molecule has 0 radical (unpaired) electrons. The zero-order valence-electron chi connectivity index (χ0n) is 9.82. The Labute approximate surface area is 97.4 Å². The van der Waals surface area contributed by atoms with Crippen molar-refractivity contribution in [3.8, 4) is 11.5 Å². The summed E-state index contributed by atoms with van der Waals surface area (Å²) in [5.74, 6) is 0.650. The molecule has 0 heterocycles. The Hall–Kier alpha value is -1.55. The van der Waals surface area contributed by atoms with E-state index in [1.165, 1.54) is 0 Å². The molecule has 0 amide bonds. The second-order valence-electron chi connectivity index (χ2n) is 3.78. The molecule has 0 unspecified atom stereocenters. The van der Waals surface area contributed by atoms with E-state index in [-0.39, 0.29) is 0 Å². The monoisotopic (exact) mass is 236 g/mol. The van der Waals surface area contributed by atoms with Crippen LogP contribution >= 0.6 is 0 Å². The molecule has 1 rings (SSSR count). The summed E-state index contributed by atoms with van der Waals surface area (Å²) in [7, 11) is -1.21. The molecule has 0 saturated carbocycles. The van der Waals surface area contributed by atoms with Crippen LogP contribution in [0.5, 0.6) is 11.5 Å². The molecule has 4 heteroatoms. The SMILES string of the molecule is C=C(C)C(=O)Oc1ccccc1O[SiH](C)C. The molecule has 86 valence electrons. The fourth-order valence-electron chi connectivity index (χ4n) is 1.07. The van der Waals surface area contributed by atoms with Gasteiger partial charge >= 0.3 is 5.97 Å². The van der Waals surface area contributed by atoms with Crippen molar-refractivity contribution in [3.63, 3.8) is 0 Å². The molecule has 0 aliphatic heterocycles. The van der Waals surface area contributed by atoms with Crippen LogP contribution in [0.25, 0.3) is 0 Å². The molecule has 0 N–H and O–H groups in total. The maximum atomic E-state index is 11.4. The van der Waals surface area contributed by atoms with Crippen LogP contribution in [-0.2, 0) is 4.79 Å². The number of carbonyl (C=O) groups is 1. The summed E-state index contributed by atoms with van der Waals surface area (Å²) in [6, 6.07) is 7.17. The zero-order valence-corrected chi connectivity index (χ0v) is 11.0. The summed E-state index contributed by atoms with van der Waals surface area (Å²) in [6.07, 6.45) is 0. The lowest BCUT2D eigenvalue weighted by Gasteiger charge is -2.13. The van der Waals surface area contributed by atoms with Crippen LogP contribution < -0.4 is 9.16 Å². The summed E-state index contributed by atoms with van der Waals surface area (Å²) in [5.41, 5.74) is 0.372. The summed E-state index contributed by atoms with van der Waals surface area (Å²) in [4.78, 5) is 11.4. The van der Waals surface area contributed by atoms with Gasteiger partial charge in [0.25, 0.3) is 0 Å². The Balaban J connectivity index is 2.86. The molecule has 0 atom stereocenters. The number of carbonyl (C=O) groups excluding carboxylic acids is 1. The van der Waals surface area contributed by atoms with Gasteiger partial charge in [-0.2, -0.15) is 0 Å². The molecule has 0 aromatic heterocycles. The Morgan fingerprint density at radius 2 is 1.81 bits per heavy atom. The van der Waals surface area contributed by atoms with E-state index in [1.807, 2.05) is 6.07 Å². The second kappa shape index (κ2) is 5.51. The number of esters is 1. The molecule has 0 aliphatic carbocycles. The van der Waals surface area contributed by atoms with Crippen molar-refractivity contribution in [2.24, 2.45) is 0 Å². The predicted molar refractivity (Wildman–Crippen MR) is 66.4 cm³/mol. The minimum atomic E-state index is -1.21. The first-order valence-corrected chi connectivity index (χ1v) is 7.92. The summed E-state index contributed by atoms with van der Waals surface area (Å²) in [6.45, 7) is 9.26. The van der Waals surface area contributed by atoms with E-state index >= 15 is 0 Å². The van der Waals surface area contributed by atoms with E-state index in [2.05, 4.69) is 19.7 Å². The Bertz CT molecular complexity index is 399. The van der Waals surface area contributed by atoms with E-state index in [1.54, 1.807) is 25.1 Å². The minimum Gasteiger partial charge on any atom is -0.544 e. The Kier molecular flexibility index (Phi) is 4.31. The molecule has 16 heavy (non-hydrogen) atoms. The lowest BCUT2D eigenvalue weighted by molar-refractivity contribution is -0.130. The lowest BCUT2D eigenvalue weighted by atomic mass is 10.3. The minimum absolute atomic E-state index is 0.372. The highest BCUT2D eigenvalue weighted by Gasteiger charge is 2.11. The van der Waals surface area contributed by atoms with Crippen molar-refractivity contribution in [3.05, 3.63) is 36.4 Å². The van der Waals surface area contributed by atoms with Gasteiger partial charge in [-0.15, -0.1) is 0 Å². The van der Waals surface area contributed by atoms with Crippen molar-refractivity contribution in [2.45, 2.75) is 20.0 Å². The normalized spacial score (nSPS) is 10.0. The highest BCUT2D eigenvalue weighted by molar-refractivity contribution is 6.49. The number of ether oxygens (including phenoxy) is 1. The standard InChI is InChI=1S/C12H16O3Si/c1-9(2)12(13)14-10-7-5-6-8-11(10)15-16(3)4/h5-8,16H,1H2,2-4H3. The molecule has 3 nitrogen and oxygen atoms in total. The van der Waals surface area contributed by atoms with Crippen LogP contribution in [0, 0.1) is 0 Å². The summed E-state index contributed by atoms with van der Waals surface area (Å²) in [5, 5.41) is 0. The molecular formula is C12H16O3Si. The average molecular weight is 236 g/mol. The smallest absolute Gasteiger partial charge is 0.338 e. The van der Waals surface area contributed by atoms with Crippen molar-refractivity contribution < 1.29 is 14.0 Å². The average Bonchev–Trinajstić information content (AvgIpc) is 2.20. The zero-order chi connectivity index (χ0) is 12.1. The largest absolute Gasteiger partial charge is 0.544 e. The quantitative estimate of drug-likeness (QED) is 0.349. The van der Waals surface area contributed by atoms with E-state index in [9.17, 15) is 4.79 Å². The van der Waals surface area contributed by atoms with Gasteiger partial charge in [0.05, 0.1) is 0 Å². The van der Waals surface area contributed by atoms with Crippen LogP contribution in [0.1, 0.15) is 6.92 Å². The molecule has 0 bridgehead atoms. The fraction of sp³-hybridized carbons (Fsp3) is 0.250. The van der Waals surface area contributed by atoms with Crippen molar-refractivity contribution in [2.75, 3.05) is 0 Å². The Morgan fingerprint density at radius 1 is 1.25 bits per heavy atom. The number of hydrogen-bond donors (Lipinski definition) is 0. The van der Waals surface area contributed by atoms with Gasteiger partial charge in [-0.05, 0) is 32.2 Å². The fourth-order valence-corrected chi connectivity index (χ4v) is 1.78. The molecule has 0 spiro atoms. The van der Waals surface area contributed by atoms with Gasteiger partial charge in [0.15, 0.2) is 5.75 Å². The predicted octanol–water partition coefficient (Wildman–Crippen LogP) is 2.53. The van der Waals surface area contributed by atoms with Gasteiger partial charge < -0.3 is 9.16 Å². The third-order valence-corrected chi connectivity index (χ3v) is 2.49. The highest BCUT2D eigenvalue weighted by atomic mass is 28.3. The number of benzene rings is 1. The molecule has 1 aromatic rings. The topological polar surface area (TPSA) is 35.5 Å². The molecule has 0 aliphatic rings. The maximum Gasteiger partial charge on any atom is 0.338 e. The first-order valence-electron chi connectivity index (χ1n) is 5.14. The van der Waals surface area contributed by atoms with E-state index in [0.717, 1.165) is 0 Å². The van der Waals surface area contributed by atoms with Crippen LogP contribution in [0.4, 0.5) is 0 Å². The lowest BCUT2D eigenvalue weighted by Crippen LogP contribution is -2.14. The van der Waals surface area contributed by atoms with Crippen molar-refractivity contribution >= 4 is 15.0 Å². The van der Waals surface area contributed by atoms with Gasteiger partial charge in [0, 0.05) is 5.57 Å². The highest BCUT2D eigenvalue weighted by Crippen LogP contribution is 2.27. The van der Waals surface area contributed by atoms with E-state index in [4.69, 9.17) is 9.16 Å². The summed E-state index contributed by atoms with van der Waals surface area (Å²) >= 11 is 0. The first kappa shape index (κ1) is 12.5.